The van der Waals surface area contributed by atoms with Gasteiger partial charge in [-0.1, -0.05) is 130 Å². The smallest absolute Gasteiger partial charge is 0.462 e. The molecule has 1 aliphatic heterocycles. The number of phosphoric ester groups is 2. The quantitative estimate of drug-likeness (QED) is 0.0154. The molecule has 1 saturated heterocycles. The number of anilines is 1. The Labute approximate surface area is 431 Å². The van der Waals surface area contributed by atoms with Crippen LogP contribution in [-0.2, 0) is 46.3 Å². The number of allylic oxidation sites excluding steroid dienone is 15. The Kier molecular flexibility index (Phi) is 34.7. The first-order valence-electron chi connectivity index (χ1n) is 25.3. The number of nitrogens with zero attached hydrogens (tertiary/aromatic N) is 2. The number of hydrogen-bond acceptors (Lipinski definition) is 16. The van der Waals surface area contributed by atoms with Crippen LogP contribution in [0.5, 0.6) is 0 Å². The largest absolute Gasteiger partial charge is 0.481 e. The highest BCUT2D eigenvalue weighted by Gasteiger charge is 2.46. The van der Waals surface area contributed by atoms with Crippen molar-refractivity contribution in [2.75, 3.05) is 25.6 Å². The van der Waals surface area contributed by atoms with E-state index in [-0.39, 0.29) is 24.8 Å². The van der Waals surface area contributed by atoms with Crippen LogP contribution in [0.3, 0.4) is 0 Å². The second-order valence-corrected chi connectivity index (χ2v) is 20.2. The van der Waals surface area contributed by atoms with Crippen LogP contribution in [0.1, 0.15) is 142 Å². The number of aliphatic hydroxyl groups excluding tert-OH is 3. The first-order chi connectivity index (χ1) is 35.1. The van der Waals surface area contributed by atoms with Crippen molar-refractivity contribution in [1.29, 1.82) is 0 Å². The van der Waals surface area contributed by atoms with E-state index in [1.165, 1.54) is 25.3 Å². The number of nitrogens with two attached hydrogens (primary N) is 1. The van der Waals surface area contributed by atoms with Gasteiger partial charge in [-0.05, 0) is 96.0 Å². The maximum atomic E-state index is 12.8. The molecule has 0 bridgehead atoms. The number of ether oxygens (including phenoxy) is 3. The first kappa shape index (κ1) is 64.8. The van der Waals surface area contributed by atoms with Gasteiger partial charge >= 0.3 is 33.3 Å². The van der Waals surface area contributed by atoms with Crippen molar-refractivity contribution in [3.8, 4) is 0 Å². The van der Waals surface area contributed by atoms with Crippen molar-refractivity contribution in [2.45, 2.75) is 173 Å². The molecule has 73 heavy (non-hydrogen) atoms. The van der Waals surface area contributed by atoms with Gasteiger partial charge < -0.3 is 45.1 Å². The topological polar surface area (TPSA) is 286 Å². The number of unbranched alkanes of at least 4 members (excludes halogenated alkanes) is 5. The number of phosphoric acid groups is 2. The van der Waals surface area contributed by atoms with Gasteiger partial charge in [-0.2, -0.15) is 9.29 Å². The molecule has 2 heterocycles. The minimum Gasteiger partial charge on any atom is -0.462 e. The Morgan fingerprint density at radius 3 is 1.75 bits per heavy atom. The summed E-state index contributed by atoms with van der Waals surface area (Å²) in [4.78, 5) is 61.9. The lowest BCUT2D eigenvalue weighted by molar-refractivity contribution is -0.161. The molecule has 0 saturated carbocycles. The highest BCUT2D eigenvalue weighted by molar-refractivity contribution is 7.61. The van der Waals surface area contributed by atoms with Crippen LogP contribution in [0, 0.1) is 0 Å². The minimum absolute atomic E-state index is 0.0263. The fourth-order valence-electron chi connectivity index (χ4n) is 6.78. The lowest BCUT2D eigenvalue weighted by Gasteiger charge is -2.21. The molecule has 0 amide bonds. The van der Waals surface area contributed by atoms with Crippen molar-refractivity contribution < 1.29 is 71.4 Å². The van der Waals surface area contributed by atoms with Gasteiger partial charge in [0, 0.05) is 19.0 Å². The van der Waals surface area contributed by atoms with E-state index in [9.17, 15) is 48.6 Å². The molecule has 1 fully saturated rings. The third-order valence-electron chi connectivity index (χ3n) is 10.7. The Bertz CT molecular complexity index is 2120. The third kappa shape index (κ3) is 31.9. The average molecular weight is 1070 g/mol. The summed E-state index contributed by atoms with van der Waals surface area (Å²) in [5.41, 5.74) is 4.57. The number of carbonyl (C=O) groups excluding carboxylic acids is 2. The van der Waals surface area contributed by atoms with Crippen LogP contribution < -0.4 is 11.4 Å². The zero-order valence-electron chi connectivity index (χ0n) is 42.5. The van der Waals surface area contributed by atoms with Gasteiger partial charge in [0.2, 0.25) is 0 Å². The molecular formula is C52H81N3O16P2. The monoisotopic (exact) mass is 1070 g/mol. The summed E-state index contributed by atoms with van der Waals surface area (Å²) in [6, 6.07) is 1.24. The maximum absolute atomic E-state index is 12.8. The van der Waals surface area contributed by atoms with E-state index in [0.717, 1.165) is 62.1 Å². The van der Waals surface area contributed by atoms with Crippen molar-refractivity contribution in [3.05, 3.63) is 120 Å². The van der Waals surface area contributed by atoms with Crippen molar-refractivity contribution in [1.82, 2.24) is 9.55 Å². The molecule has 1 aromatic heterocycles. The molecule has 0 radical (unpaired) electrons. The fourth-order valence-corrected chi connectivity index (χ4v) is 8.89. The Morgan fingerprint density at radius 2 is 1.22 bits per heavy atom. The van der Waals surface area contributed by atoms with E-state index >= 15 is 0 Å². The van der Waals surface area contributed by atoms with E-state index in [1.54, 1.807) is 0 Å². The maximum Gasteiger partial charge on any atom is 0.481 e. The van der Waals surface area contributed by atoms with Gasteiger partial charge in [-0.3, -0.25) is 23.2 Å². The molecule has 1 aromatic rings. The zero-order chi connectivity index (χ0) is 53.6. The zero-order valence-corrected chi connectivity index (χ0v) is 44.3. The molecule has 3 unspecified atom stereocenters. The molecule has 1 aliphatic rings. The third-order valence-corrected chi connectivity index (χ3v) is 13.3. The highest BCUT2D eigenvalue weighted by atomic mass is 31.3. The molecule has 0 spiro atoms. The second kappa shape index (κ2) is 39.1. The van der Waals surface area contributed by atoms with Crippen molar-refractivity contribution >= 4 is 33.4 Å². The molecule has 19 nitrogen and oxygen atoms in total. The lowest BCUT2D eigenvalue weighted by atomic mass is 10.1. The van der Waals surface area contributed by atoms with Crippen LogP contribution in [0.2, 0.25) is 0 Å². The average Bonchev–Trinajstić information content (AvgIpc) is 3.62. The summed E-state index contributed by atoms with van der Waals surface area (Å²) in [6.07, 6.45) is 39.9. The second-order valence-electron chi connectivity index (χ2n) is 17.1. The van der Waals surface area contributed by atoms with Gasteiger partial charge in [0.25, 0.3) is 0 Å². The fraction of sp³-hybridized carbons (Fsp3) is 0.577. The number of carbonyl (C=O) groups is 2. The van der Waals surface area contributed by atoms with Crippen molar-refractivity contribution in [2.24, 2.45) is 0 Å². The van der Waals surface area contributed by atoms with E-state index in [4.69, 9.17) is 29.0 Å². The molecule has 21 heteroatoms. The molecule has 7 N–H and O–H groups in total. The summed E-state index contributed by atoms with van der Waals surface area (Å²) in [7, 11) is -10.9. The molecule has 8 atom stereocenters. The van der Waals surface area contributed by atoms with Gasteiger partial charge in [-0.15, -0.1) is 0 Å². The SMILES string of the molecule is CCCCC/C=C\C/C=C\C/C=C\C/C=C\CCCC(=O)OC[C@H](COP(=O)(O)OP(=O)(O)OC[C@H]1O[C@@H](n2ccc(N)nc2=O)[C@H](O)[C@@H]1O)OC(=O)CCC/C=C\C/C=C\C/C=C\C/C=C\CC(O)CCC. The number of hydrogen-bond donors (Lipinski definition) is 6. The predicted molar refractivity (Wildman–Crippen MR) is 281 cm³/mol. The summed E-state index contributed by atoms with van der Waals surface area (Å²) < 4.78 is 56.6. The number of esters is 2. The van der Waals surface area contributed by atoms with Gasteiger partial charge in [0.05, 0.1) is 19.3 Å². The molecule has 0 aliphatic carbocycles. The molecule has 0 aromatic carbocycles. The van der Waals surface area contributed by atoms with E-state index < -0.39 is 83.7 Å². The van der Waals surface area contributed by atoms with Crippen molar-refractivity contribution in [3.63, 3.8) is 0 Å². The Hall–Kier alpha value is -4.36. The Morgan fingerprint density at radius 1 is 0.712 bits per heavy atom. The van der Waals surface area contributed by atoms with E-state index in [0.29, 0.717) is 38.5 Å². The normalized spacial score (nSPS) is 20.2. The molecule has 410 valence electrons. The number of aliphatic hydroxyl groups is 3. The predicted octanol–water partition coefficient (Wildman–Crippen LogP) is 9.41. The van der Waals surface area contributed by atoms with E-state index in [1.807, 2.05) is 55.5 Å². The summed E-state index contributed by atoms with van der Waals surface area (Å²) in [5, 5.41) is 30.7. The molecule has 2 rings (SSSR count). The van der Waals surface area contributed by atoms with Gasteiger partial charge in [-0.25, -0.2) is 13.9 Å². The lowest BCUT2D eigenvalue weighted by Crippen LogP contribution is -2.36. The van der Waals surface area contributed by atoms with Crippen LogP contribution in [0.4, 0.5) is 5.82 Å². The number of aromatic nitrogens is 2. The standard InChI is InChI=1S/C52H81N3O16P2/c1-3-5-6-7-8-9-10-11-12-13-14-17-20-23-26-29-32-36-47(57)66-40-44(69-48(58)37-33-30-27-24-21-18-15-16-19-22-25-28-31-35-43(56)34-4-2)41-67-72(62,63)71-73(64,65)68-42-45-49(59)50(60)51(70-45)55-39-38-46(53)54-52(55)61/h8-9,11-12,14-15,17-19,22-24,26-28,31,38-39,43-45,49-51,56,59-60H,3-7,10,13,16,20-21,25,29-30,32-37,40-42H2,1-2H3,(H,62,63)(H,64,65)(H2,53,54,61)/b9-8-,12-11-,17-14-,18-15-,22-19-,26-23-,27-24-,31-28-/t43?,44-,45-,49-,50-,51-/m1/s1. The van der Waals surface area contributed by atoms with Crippen LogP contribution in [-0.4, -0.2) is 96.9 Å². The van der Waals surface area contributed by atoms with Gasteiger partial charge in [0.15, 0.2) is 12.3 Å². The Balaban J connectivity index is 1.86. The summed E-state index contributed by atoms with van der Waals surface area (Å²) in [5.74, 6) is -1.47. The van der Waals surface area contributed by atoms with Crippen LogP contribution in [0.15, 0.2) is 114 Å². The highest BCUT2D eigenvalue weighted by Crippen LogP contribution is 2.60. The number of rotatable bonds is 40. The summed E-state index contributed by atoms with van der Waals surface area (Å²) in [6.45, 7) is 1.80. The van der Waals surface area contributed by atoms with E-state index in [2.05, 4.69) is 64.8 Å². The van der Waals surface area contributed by atoms with Gasteiger partial charge in [0.1, 0.15) is 30.7 Å². The van der Waals surface area contributed by atoms with Crippen LogP contribution >= 0.6 is 15.6 Å². The minimum atomic E-state index is -5.46. The molecular weight excluding hydrogens is 985 g/mol. The van der Waals surface area contributed by atoms with Crippen LogP contribution in [0.25, 0.3) is 0 Å². The first-order valence-corrected chi connectivity index (χ1v) is 28.3. The number of nitrogen functional groups attached to an aromatic ring is 1. The summed E-state index contributed by atoms with van der Waals surface area (Å²) >= 11 is 0.